The number of rotatable bonds is 6. The van der Waals surface area contributed by atoms with Crippen molar-refractivity contribution in [1.29, 1.82) is 0 Å². The quantitative estimate of drug-likeness (QED) is 0.348. The normalized spacial score (nSPS) is 23.2. The lowest BCUT2D eigenvalue weighted by molar-refractivity contribution is -0.138. The number of carbonyl (C=O) groups is 1. The van der Waals surface area contributed by atoms with E-state index in [-0.39, 0.29) is 35.3 Å². The Bertz CT molecular complexity index is 463. The number of aliphatic imine (C=N–C) groups is 1. The van der Waals surface area contributed by atoms with E-state index in [1.807, 2.05) is 14.1 Å². The Labute approximate surface area is 176 Å². The molecule has 0 aromatic heterocycles. The molecule has 1 aliphatic heterocycles. The van der Waals surface area contributed by atoms with E-state index in [0.29, 0.717) is 6.54 Å². The van der Waals surface area contributed by atoms with Crippen molar-refractivity contribution in [3.05, 3.63) is 0 Å². The fourth-order valence-corrected chi connectivity index (χ4v) is 4.29. The molecule has 1 atom stereocenters. The van der Waals surface area contributed by atoms with Gasteiger partial charge in [-0.2, -0.15) is 0 Å². The molecule has 1 saturated heterocycles. The Morgan fingerprint density at radius 1 is 1.23 bits per heavy atom. The summed E-state index contributed by atoms with van der Waals surface area (Å²) in [7, 11) is 5.51. The Hall–Kier alpha value is -0.570. The summed E-state index contributed by atoms with van der Waals surface area (Å²) >= 11 is 0. The molecular formula is C19H38IN5O. The predicted octanol–water partition coefficient (Wildman–Crippen LogP) is 2.15. The number of nitrogens with one attached hydrogen (secondary N) is 2. The average Bonchev–Trinajstić information content (AvgIpc) is 3.07. The number of halogens is 1. The van der Waals surface area contributed by atoms with Crippen molar-refractivity contribution in [2.75, 3.05) is 53.9 Å². The third-order valence-corrected chi connectivity index (χ3v) is 5.70. The van der Waals surface area contributed by atoms with Gasteiger partial charge in [0, 0.05) is 47.3 Å². The van der Waals surface area contributed by atoms with E-state index in [1.165, 1.54) is 25.9 Å². The maximum atomic E-state index is 12.6. The number of amides is 1. The summed E-state index contributed by atoms with van der Waals surface area (Å²) < 4.78 is 0. The summed E-state index contributed by atoms with van der Waals surface area (Å²) in [4.78, 5) is 21.2. The first-order chi connectivity index (χ1) is 12.0. The van der Waals surface area contributed by atoms with Gasteiger partial charge in [-0.05, 0) is 38.1 Å². The van der Waals surface area contributed by atoms with Crippen LogP contribution in [-0.4, -0.2) is 75.5 Å². The molecule has 1 unspecified atom stereocenters. The number of carbonyl (C=O) groups excluding carboxylic acids is 1. The van der Waals surface area contributed by atoms with Crippen molar-refractivity contribution >= 4 is 35.8 Å². The Morgan fingerprint density at radius 3 is 2.50 bits per heavy atom. The van der Waals surface area contributed by atoms with E-state index < -0.39 is 0 Å². The van der Waals surface area contributed by atoms with Crippen molar-refractivity contribution in [2.24, 2.45) is 16.3 Å². The highest BCUT2D eigenvalue weighted by Crippen LogP contribution is 2.38. The number of piperidine rings is 1. The molecule has 1 aliphatic carbocycles. The Balaban J connectivity index is 0.00000338. The van der Waals surface area contributed by atoms with E-state index in [4.69, 9.17) is 0 Å². The predicted molar refractivity (Wildman–Crippen MR) is 119 cm³/mol. The van der Waals surface area contributed by atoms with E-state index in [1.54, 1.807) is 11.9 Å². The second-order valence-electron chi connectivity index (χ2n) is 8.09. The lowest BCUT2D eigenvalue weighted by Gasteiger charge is -2.32. The molecule has 1 saturated carbocycles. The van der Waals surface area contributed by atoms with Crippen LogP contribution < -0.4 is 10.6 Å². The minimum absolute atomic E-state index is 0. The van der Waals surface area contributed by atoms with Crippen LogP contribution in [0.3, 0.4) is 0 Å². The summed E-state index contributed by atoms with van der Waals surface area (Å²) in [5.41, 5.74) is -0.260. The molecular weight excluding hydrogens is 441 g/mol. The largest absolute Gasteiger partial charge is 0.355 e. The van der Waals surface area contributed by atoms with Crippen molar-refractivity contribution in [3.63, 3.8) is 0 Å². The van der Waals surface area contributed by atoms with Crippen LogP contribution in [0.2, 0.25) is 0 Å². The minimum Gasteiger partial charge on any atom is -0.355 e. The highest BCUT2D eigenvalue weighted by atomic mass is 127. The Kier molecular flexibility index (Phi) is 10.2. The van der Waals surface area contributed by atoms with Crippen LogP contribution in [0, 0.1) is 11.3 Å². The lowest BCUT2D eigenvalue weighted by atomic mass is 9.84. The molecule has 0 aromatic carbocycles. The van der Waals surface area contributed by atoms with Gasteiger partial charge in [0.1, 0.15) is 0 Å². The van der Waals surface area contributed by atoms with Gasteiger partial charge in [-0.15, -0.1) is 24.0 Å². The third kappa shape index (κ3) is 6.55. The first-order valence-electron chi connectivity index (χ1n) is 9.85. The standard InChI is InChI=1S/C19H37N5O.HI/c1-16-8-7-12-24(14-16)13-11-21-18(20-2)22-15-19(9-5-6-10-19)17(25)23(3)4;/h16H,5-15H2,1-4H3,(H2,20,21,22);1H. The molecule has 0 aromatic rings. The van der Waals surface area contributed by atoms with Gasteiger partial charge in [-0.3, -0.25) is 9.79 Å². The summed E-state index contributed by atoms with van der Waals surface area (Å²) in [5, 5.41) is 6.82. The molecule has 2 aliphatic rings. The SMILES string of the molecule is CN=C(NCCN1CCCC(C)C1)NCC1(C(=O)N(C)C)CCCC1.I. The summed E-state index contributed by atoms with van der Waals surface area (Å²) in [5.74, 6) is 1.86. The van der Waals surface area contributed by atoms with Crippen LogP contribution in [0.5, 0.6) is 0 Å². The minimum atomic E-state index is -0.260. The molecule has 0 radical (unpaired) electrons. The van der Waals surface area contributed by atoms with Gasteiger partial charge >= 0.3 is 0 Å². The number of hydrogen-bond donors (Lipinski definition) is 2. The van der Waals surface area contributed by atoms with Gasteiger partial charge in [0.15, 0.2) is 5.96 Å². The zero-order chi connectivity index (χ0) is 18.3. The second-order valence-corrected chi connectivity index (χ2v) is 8.09. The van der Waals surface area contributed by atoms with Crippen LogP contribution in [-0.2, 0) is 4.79 Å². The highest BCUT2D eigenvalue weighted by molar-refractivity contribution is 14.0. The number of likely N-dealkylation sites (tertiary alicyclic amines) is 1. The van der Waals surface area contributed by atoms with Crippen LogP contribution in [0.1, 0.15) is 45.4 Å². The zero-order valence-electron chi connectivity index (χ0n) is 17.0. The van der Waals surface area contributed by atoms with Gasteiger partial charge in [0.25, 0.3) is 0 Å². The fourth-order valence-electron chi connectivity index (χ4n) is 4.29. The number of hydrogen-bond acceptors (Lipinski definition) is 3. The van der Waals surface area contributed by atoms with Crippen LogP contribution in [0.25, 0.3) is 0 Å². The molecule has 6 nitrogen and oxygen atoms in total. The van der Waals surface area contributed by atoms with Crippen molar-refractivity contribution in [2.45, 2.75) is 45.4 Å². The summed E-state index contributed by atoms with van der Waals surface area (Å²) in [6, 6.07) is 0. The molecule has 26 heavy (non-hydrogen) atoms. The third-order valence-electron chi connectivity index (χ3n) is 5.70. The van der Waals surface area contributed by atoms with E-state index >= 15 is 0 Å². The fraction of sp³-hybridized carbons (Fsp3) is 0.895. The number of nitrogens with zero attached hydrogens (tertiary/aromatic N) is 3. The summed E-state index contributed by atoms with van der Waals surface area (Å²) in [6.45, 7) is 7.35. The van der Waals surface area contributed by atoms with Crippen molar-refractivity contribution in [3.8, 4) is 0 Å². The molecule has 2 N–H and O–H groups in total. The van der Waals surface area contributed by atoms with Gasteiger partial charge < -0.3 is 20.4 Å². The average molecular weight is 479 g/mol. The first kappa shape index (κ1) is 23.5. The van der Waals surface area contributed by atoms with E-state index in [9.17, 15) is 4.79 Å². The Morgan fingerprint density at radius 2 is 1.92 bits per heavy atom. The number of guanidine groups is 1. The summed E-state index contributed by atoms with van der Waals surface area (Å²) in [6.07, 6.45) is 6.89. The maximum Gasteiger partial charge on any atom is 0.230 e. The first-order valence-corrected chi connectivity index (χ1v) is 9.85. The molecule has 2 rings (SSSR count). The molecule has 1 amide bonds. The topological polar surface area (TPSA) is 60.0 Å². The van der Waals surface area contributed by atoms with E-state index in [0.717, 1.165) is 50.7 Å². The molecule has 2 fully saturated rings. The lowest BCUT2D eigenvalue weighted by Crippen LogP contribution is -2.50. The molecule has 152 valence electrons. The molecule has 1 heterocycles. The molecule has 0 spiro atoms. The van der Waals surface area contributed by atoms with Crippen LogP contribution in [0.4, 0.5) is 0 Å². The maximum absolute atomic E-state index is 12.6. The monoisotopic (exact) mass is 479 g/mol. The van der Waals surface area contributed by atoms with Crippen molar-refractivity contribution in [1.82, 2.24) is 20.4 Å². The van der Waals surface area contributed by atoms with Gasteiger partial charge in [0.05, 0.1) is 5.41 Å². The van der Waals surface area contributed by atoms with Crippen LogP contribution >= 0.6 is 24.0 Å². The second kappa shape index (κ2) is 11.3. The molecule has 0 bridgehead atoms. The van der Waals surface area contributed by atoms with E-state index in [2.05, 4.69) is 27.4 Å². The van der Waals surface area contributed by atoms with Gasteiger partial charge in [-0.1, -0.05) is 19.8 Å². The molecule has 7 heteroatoms. The van der Waals surface area contributed by atoms with Gasteiger partial charge in [0.2, 0.25) is 5.91 Å². The zero-order valence-corrected chi connectivity index (χ0v) is 19.3. The van der Waals surface area contributed by atoms with Gasteiger partial charge in [-0.25, -0.2) is 0 Å². The highest BCUT2D eigenvalue weighted by Gasteiger charge is 2.42. The van der Waals surface area contributed by atoms with Crippen molar-refractivity contribution < 1.29 is 4.79 Å². The van der Waals surface area contributed by atoms with Crippen LogP contribution in [0.15, 0.2) is 4.99 Å². The smallest absolute Gasteiger partial charge is 0.230 e.